The lowest BCUT2D eigenvalue weighted by Gasteiger charge is -2.26. The summed E-state index contributed by atoms with van der Waals surface area (Å²) in [6.07, 6.45) is 7.80. The second-order valence-corrected chi connectivity index (χ2v) is 7.68. The van der Waals surface area contributed by atoms with Gasteiger partial charge in [-0.3, -0.25) is 4.79 Å². The summed E-state index contributed by atoms with van der Waals surface area (Å²) in [5, 5.41) is 3.64. The lowest BCUT2D eigenvalue weighted by Crippen LogP contribution is -2.35. The number of rotatable bonds is 3. The number of benzene rings is 1. The zero-order valence-electron chi connectivity index (χ0n) is 16.1. The molecule has 6 heteroatoms. The van der Waals surface area contributed by atoms with Gasteiger partial charge in [-0.25, -0.2) is 9.97 Å². The van der Waals surface area contributed by atoms with Crippen LogP contribution in [0.1, 0.15) is 43.2 Å². The van der Waals surface area contributed by atoms with E-state index < -0.39 is 0 Å². The molecule has 1 fully saturated rings. The number of hydrogen-bond acceptors (Lipinski definition) is 5. The smallest absolute Gasteiger partial charge is 0.246 e. The summed E-state index contributed by atoms with van der Waals surface area (Å²) in [5.41, 5.74) is 3.10. The summed E-state index contributed by atoms with van der Waals surface area (Å²) in [7, 11) is 1.92. The predicted molar refractivity (Wildman–Crippen MR) is 108 cm³/mol. The molecule has 6 nitrogen and oxygen atoms in total. The number of anilines is 3. The Morgan fingerprint density at radius 2 is 1.78 bits per heavy atom. The fourth-order valence-corrected chi connectivity index (χ4v) is 4.01. The molecule has 2 aromatic rings. The van der Waals surface area contributed by atoms with E-state index in [4.69, 9.17) is 0 Å². The van der Waals surface area contributed by atoms with Crippen LogP contribution in [0.3, 0.4) is 0 Å². The van der Waals surface area contributed by atoms with Crippen LogP contribution in [0.5, 0.6) is 0 Å². The van der Waals surface area contributed by atoms with Gasteiger partial charge in [-0.1, -0.05) is 37.0 Å². The third-order valence-corrected chi connectivity index (χ3v) is 5.57. The monoisotopic (exact) mass is 365 g/mol. The van der Waals surface area contributed by atoms with Gasteiger partial charge < -0.3 is 15.1 Å². The first kappa shape index (κ1) is 17.8. The number of nitrogens with zero attached hydrogens (tertiary/aromatic N) is 4. The van der Waals surface area contributed by atoms with Crippen LogP contribution in [0.2, 0.25) is 0 Å². The summed E-state index contributed by atoms with van der Waals surface area (Å²) >= 11 is 0. The Labute approximate surface area is 160 Å². The van der Waals surface area contributed by atoms with Gasteiger partial charge in [0, 0.05) is 18.8 Å². The van der Waals surface area contributed by atoms with E-state index in [1.807, 2.05) is 41.1 Å². The number of hydrogen-bond donors (Lipinski definition) is 1. The number of carbonyl (C=O) groups is 1. The molecule has 1 N–H and O–H groups in total. The van der Waals surface area contributed by atoms with Crippen LogP contribution in [-0.4, -0.2) is 35.5 Å². The van der Waals surface area contributed by atoms with Crippen molar-refractivity contribution in [2.75, 3.05) is 28.7 Å². The second-order valence-electron chi connectivity index (χ2n) is 7.68. The molecule has 27 heavy (non-hydrogen) atoms. The molecule has 0 bridgehead atoms. The SMILES string of the molecule is Cc1ccc(N2Cc3c(NC4CCCCC4)ncnc3N(C)CC2=O)cc1. The molecular weight excluding hydrogens is 338 g/mol. The number of nitrogens with one attached hydrogen (secondary N) is 1. The molecule has 0 radical (unpaired) electrons. The molecule has 4 rings (SSSR count). The maximum atomic E-state index is 12.9. The van der Waals surface area contributed by atoms with Gasteiger partial charge in [-0.05, 0) is 31.9 Å². The lowest BCUT2D eigenvalue weighted by atomic mass is 9.95. The van der Waals surface area contributed by atoms with Crippen molar-refractivity contribution in [1.82, 2.24) is 9.97 Å². The number of fused-ring (bicyclic) bond motifs is 1. The Morgan fingerprint density at radius 1 is 1.04 bits per heavy atom. The Hall–Kier alpha value is -2.63. The summed E-state index contributed by atoms with van der Waals surface area (Å²) in [6, 6.07) is 8.56. The van der Waals surface area contributed by atoms with E-state index in [1.165, 1.54) is 37.7 Å². The number of carbonyl (C=O) groups excluding carboxylic acids is 1. The van der Waals surface area contributed by atoms with E-state index in [9.17, 15) is 4.79 Å². The van der Waals surface area contributed by atoms with Gasteiger partial charge in [-0.2, -0.15) is 0 Å². The van der Waals surface area contributed by atoms with Crippen LogP contribution in [0.25, 0.3) is 0 Å². The highest BCUT2D eigenvalue weighted by molar-refractivity contribution is 5.97. The fourth-order valence-electron chi connectivity index (χ4n) is 4.01. The van der Waals surface area contributed by atoms with Gasteiger partial charge in [0.25, 0.3) is 0 Å². The predicted octanol–water partition coefficient (Wildman–Crippen LogP) is 3.51. The standard InChI is InChI=1S/C21H27N5O/c1-15-8-10-17(11-9-15)26-12-18-20(24-16-6-4-3-5-7-16)22-14-23-21(18)25(2)13-19(26)27/h8-11,14,16H,3-7,12-13H2,1-2H3,(H,22,23,24). The lowest BCUT2D eigenvalue weighted by molar-refractivity contribution is -0.117. The van der Waals surface area contributed by atoms with Crippen LogP contribution in [0.4, 0.5) is 17.3 Å². The van der Waals surface area contributed by atoms with E-state index in [-0.39, 0.29) is 5.91 Å². The van der Waals surface area contributed by atoms with E-state index >= 15 is 0 Å². The van der Waals surface area contributed by atoms with Crippen molar-refractivity contribution in [3.8, 4) is 0 Å². The highest BCUT2D eigenvalue weighted by Crippen LogP contribution is 2.31. The topological polar surface area (TPSA) is 61.4 Å². The van der Waals surface area contributed by atoms with Gasteiger partial charge in [0.2, 0.25) is 5.91 Å². The van der Waals surface area contributed by atoms with Crippen LogP contribution in [0, 0.1) is 6.92 Å². The largest absolute Gasteiger partial charge is 0.367 e. The van der Waals surface area contributed by atoms with E-state index in [2.05, 4.69) is 22.2 Å². The van der Waals surface area contributed by atoms with Crippen molar-refractivity contribution < 1.29 is 4.79 Å². The molecule has 2 aliphatic rings. The Kier molecular flexibility index (Phi) is 4.97. The van der Waals surface area contributed by atoms with Crippen molar-refractivity contribution in [3.63, 3.8) is 0 Å². The third-order valence-electron chi connectivity index (χ3n) is 5.57. The van der Waals surface area contributed by atoms with Crippen molar-refractivity contribution in [1.29, 1.82) is 0 Å². The molecule has 1 amide bonds. The minimum atomic E-state index is 0.0722. The summed E-state index contributed by atoms with van der Waals surface area (Å²) in [5.74, 6) is 1.78. The summed E-state index contributed by atoms with van der Waals surface area (Å²) in [6.45, 7) is 2.84. The van der Waals surface area contributed by atoms with Gasteiger partial charge in [0.15, 0.2) is 0 Å². The van der Waals surface area contributed by atoms with Crippen LogP contribution in [0.15, 0.2) is 30.6 Å². The first-order chi connectivity index (χ1) is 13.1. The molecule has 1 aliphatic heterocycles. The molecule has 0 saturated heterocycles. The third kappa shape index (κ3) is 3.75. The highest BCUT2D eigenvalue weighted by atomic mass is 16.2. The number of aromatic nitrogens is 2. The van der Waals surface area contributed by atoms with E-state index in [0.29, 0.717) is 19.1 Å². The Bertz CT molecular complexity index is 814. The van der Waals surface area contributed by atoms with Gasteiger partial charge in [0.05, 0.1) is 18.7 Å². The van der Waals surface area contributed by atoms with Crippen LogP contribution < -0.4 is 15.1 Å². The number of amides is 1. The van der Waals surface area contributed by atoms with E-state index in [0.717, 1.165) is 22.9 Å². The minimum absolute atomic E-state index is 0.0722. The Morgan fingerprint density at radius 3 is 2.52 bits per heavy atom. The summed E-state index contributed by atoms with van der Waals surface area (Å²) in [4.78, 5) is 25.7. The quantitative estimate of drug-likeness (QED) is 0.902. The van der Waals surface area contributed by atoms with Crippen molar-refractivity contribution in [3.05, 3.63) is 41.7 Å². The maximum absolute atomic E-state index is 12.9. The highest BCUT2D eigenvalue weighted by Gasteiger charge is 2.28. The average molecular weight is 365 g/mol. The summed E-state index contributed by atoms with van der Waals surface area (Å²) < 4.78 is 0. The first-order valence-corrected chi connectivity index (χ1v) is 9.80. The fraction of sp³-hybridized carbons (Fsp3) is 0.476. The van der Waals surface area contributed by atoms with Gasteiger partial charge in [-0.15, -0.1) is 0 Å². The zero-order valence-corrected chi connectivity index (χ0v) is 16.1. The van der Waals surface area contributed by atoms with Crippen molar-refractivity contribution in [2.24, 2.45) is 0 Å². The average Bonchev–Trinajstić information content (AvgIpc) is 2.80. The van der Waals surface area contributed by atoms with Crippen LogP contribution >= 0.6 is 0 Å². The zero-order chi connectivity index (χ0) is 18.8. The minimum Gasteiger partial charge on any atom is -0.367 e. The molecule has 2 heterocycles. The number of likely N-dealkylation sites (N-methyl/N-ethyl adjacent to an activating group) is 1. The second kappa shape index (κ2) is 7.55. The van der Waals surface area contributed by atoms with E-state index in [1.54, 1.807) is 6.33 Å². The molecule has 1 aromatic carbocycles. The molecule has 142 valence electrons. The molecule has 0 spiro atoms. The first-order valence-electron chi connectivity index (χ1n) is 9.80. The van der Waals surface area contributed by atoms with Crippen molar-refractivity contribution >= 4 is 23.2 Å². The molecule has 0 atom stereocenters. The van der Waals surface area contributed by atoms with Gasteiger partial charge >= 0.3 is 0 Å². The van der Waals surface area contributed by atoms with Crippen LogP contribution in [-0.2, 0) is 11.3 Å². The Balaban J connectivity index is 1.68. The maximum Gasteiger partial charge on any atom is 0.246 e. The van der Waals surface area contributed by atoms with Gasteiger partial charge in [0.1, 0.15) is 18.0 Å². The number of aryl methyl sites for hydroxylation is 1. The normalized spacial score (nSPS) is 18.2. The van der Waals surface area contributed by atoms with Crippen molar-refractivity contribution in [2.45, 2.75) is 51.6 Å². The molecule has 0 unspecified atom stereocenters. The molecule has 1 saturated carbocycles. The molecule has 1 aliphatic carbocycles. The molecule has 1 aromatic heterocycles. The molecular formula is C21H27N5O.